The molecule has 1 amide bonds. The number of nitrogens with one attached hydrogen (secondary N) is 1. The van der Waals surface area contributed by atoms with Gasteiger partial charge < -0.3 is 10.1 Å². The first-order chi connectivity index (χ1) is 16.3. The lowest BCUT2D eigenvalue weighted by Crippen LogP contribution is -2.32. The molecule has 0 spiro atoms. The maximum Gasteiger partial charge on any atom is 0.363 e. The number of aryl methyl sites for hydroxylation is 3. The number of rotatable bonds is 6. The Labute approximate surface area is 202 Å². The van der Waals surface area contributed by atoms with Crippen LogP contribution in [0.15, 0.2) is 53.3 Å². The zero-order valence-electron chi connectivity index (χ0n) is 19.1. The molecule has 0 saturated heterocycles. The Bertz CT molecular complexity index is 1280. The van der Waals surface area contributed by atoms with E-state index >= 15 is 0 Å². The summed E-state index contributed by atoms with van der Waals surface area (Å²) in [5.74, 6) is -1.41. The van der Waals surface area contributed by atoms with E-state index < -0.39 is 29.6 Å². The molecule has 0 radical (unpaired) electrons. The van der Waals surface area contributed by atoms with E-state index in [4.69, 9.17) is 16.3 Å². The lowest BCUT2D eigenvalue weighted by molar-refractivity contribution is -0.124. The van der Waals surface area contributed by atoms with Crippen molar-refractivity contribution in [3.05, 3.63) is 91.9 Å². The summed E-state index contributed by atoms with van der Waals surface area (Å²) in [5, 5.41) is 7.55. The van der Waals surface area contributed by atoms with Gasteiger partial charge in [0.1, 0.15) is 0 Å². The number of aromatic nitrogens is 2. The average molecular weight is 480 g/mol. The smallest absolute Gasteiger partial charge is 0.363 e. The molecule has 0 aliphatic heterocycles. The predicted octanol–water partition coefficient (Wildman–Crippen LogP) is 4.11. The number of fused-ring (bicyclic) bond motifs is 1. The Balaban J connectivity index is 1.40. The number of hydrogen-bond acceptors (Lipinski definition) is 5. The molecule has 0 bridgehead atoms. The first-order valence-electron chi connectivity index (χ1n) is 11.3. The van der Waals surface area contributed by atoms with Crippen LogP contribution in [0, 0.1) is 6.92 Å². The molecule has 176 valence electrons. The van der Waals surface area contributed by atoms with E-state index in [2.05, 4.69) is 22.5 Å². The molecular formula is C26H26ClN3O4. The first-order valence-corrected chi connectivity index (χ1v) is 11.6. The van der Waals surface area contributed by atoms with Crippen LogP contribution in [0.3, 0.4) is 0 Å². The number of ether oxygens (including phenoxy) is 1. The maximum atomic E-state index is 12.5. The molecule has 7 nitrogen and oxygen atoms in total. The van der Waals surface area contributed by atoms with Gasteiger partial charge in [-0.15, -0.1) is 0 Å². The van der Waals surface area contributed by atoms with E-state index in [9.17, 15) is 14.4 Å². The molecule has 1 unspecified atom stereocenters. The van der Waals surface area contributed by atoms with E-state index in [1.807, 2.05) is 13.0 Å². The molecule has 0 fully saturated rings. The summed E-state index contributed by atoms with van der Waals surface area (Å²) in [6.07, 6.45) is 4.54. The van der Waals surface area contributed by atoms with Crippen molar-refractivity contribution in [2.45, 2.75) is 45.6 Å². The molecule has 1 aliphatic rings. The largest absolute Gasteiger partial charge is 0.451 e. The summed E-state index contributed by atoms with van der Waals surface area (Å²) in [5.41, 5.74) is 3.92. The lowest BCUT2D eigenvalue weighted by atomic mass is 9.89. The van der Waals surface area contributed by atoms with Gasteiger partial charge in [-0.3, -0.25) is 9.59 Å². The molecule has 2 aromatic carbocycles. The van der Waals surface area contributed by atoms with E-state index in [0.717, 1.165) is 18.4 Å². The highest BCUT2D eigenvalue weighted by Gasteiger charge is 2.19. The van der Waals surface area contributed by atoms with Gasteiger partial charge in [-0.05, 0) is 80.5 Å². The van der Waals surface area contributed by atoms with Gasteiger partial charge in [0.2, 0.25) is 11.1 Å². The zero-order valence-corrected chi connectivity index (χ0v) is 19.9. The second kappa shape index (κ2) is 10.2. The zero-order chi connectivity index (χ0) is 24.2. The fraction of sp³-hybridized carbons (Fsp3) is 0.308. The molecule has 1 atom stereocenters. The van der Waals surface area contributed by atoms with Crippen molar-refractivity contribution >= 4 is 23.5 Å². The Morgan fingerprint density at radius 1 is 1.09 bits per heavy atom. The standard InChI is InChI=1S/C26H26ClN3O4/c1-16-13-23(31)25(29-30(16)22-11-9-21(27)10-12-22)26(33)34-15-24(32)28-17(2)19-8-7-18-5-3-4-6-20(18)14-19/h7-14,17H,3-6,15H2,1-2H3,(H,28,32). The number of amides is 1. The maximum absolute atomic E-state index is 12.5. The summed E-state index contributed by atoms with van der Waals surface area (Å²) >= 11 is 5.93. The molecule has 3 aromatic rings. The Kier molecular flexibility index (Phi) is 7.12. The third kappa shape index (κ3) is 5.37. The lowest BCUT2D eigenvalue weighted by Gasteiger charge is -2.20. The third-order valence-corrected chi connectivity index (χ3v) is 6.21. The summed E-state index contributed by atoms with van der Waals surface area (Å²) in [4.78, 5) is 37.3. The van der Waals surface area contributed by atoms with E-state index in [1.54, 1.807) is 31.2 Å². The van der Waals surface area contributed by atoms with E-state index in [0.29, 0.717) is 16.4 Å². The molecule has 8 heteroatoms. The molecule has 34 heavy (non-hydrogen) atoms. The summed E-state index contributed by atoms with van der Waals surface area (Å²) in [6.45, 7) is 3.08. The highest BCUT2D eigenvalue weighted by atomic mass is 35.5. The van der Waals surface area contributed by atoms with Crippen molar-refractivity contribution in [2.24, 2.45) is 0 Å². The van der Waals surface area contributed by atoms with E-state index in [-0.39, 0.29) is 6.04 Å². The van der Waals surface area contributed by atoms with Crippen LogP contribution in [0.5, 0.6) is 0 Å². The van der Waals surface area contributed by atoms with Gasteiger partial charge in [-0.25, -0.2) is 9.48 Å². The Morgan fingerprint density at radius 3 is 2.53 bits per heavy atom. The number of esters is 1. The minimum atomic E-state index is -0.954. The van der Waals surface area contributed by atoms with Gasteiger partial charge in [-0.2, -0.15) is 5.10 Å². The van der Waals surface area contributed by atoms with Crippen molar-refractivity contribution in [3.63, 3.8) is 0 Å². The molecule has 1 aromatic heterocycles. The molecule has 1 aliphatic carbocycles. The van der Waals surface area contributed by atoms with Crippen LogP contribution >= 0.6 is 11.6 Å². The Hall–Kier alpha value is -3.45. The van der Waals surface area contributed by atoms with Gasteiger partial charge in [0.25, 0.3) is 5.91 Å². The normalized spacial score (nSPS) is 13.6. The minimum Gasteiger partial charge on any atom is -0.451 e. The minimum absolute atomic E-state index is 0.238. The van der Waals surface area contributed by atoms with Gasteiger partial charge in [0, 0.05) is 16.8 Å². The quantitative estimate of drug-likeness (QED) is 0.537. The van der Waals surface area contributed by atoms with Crippen LogP contribution in [-0.2, 0) is 22.4 Å². The second-order valence-corrected chi connectivity index (χ2v) is 8.92. The van der Waals surface area contributed by atoms with Gasteiger partial charge in [0.15, 0.2) is 6.61 Å². The number of carbonyl (C=O) groups is 2. The monoisotopic (exact) mass is 479 g/mol. The van der Waals surface area contributed by atoms with E-state index in [1.165, 1.54) is 34.7 Å². The molecule has 4 rings (SSSR count). The van der Waals surface area contributed by atoms with Crippen molar-refractivity contribution in [3.8, 4) is 5.69 Å². The van der Waals surface area contributed by atoms with Gasteiger partial charge >= 0.3 is 5.97 Å². The number of benzene rings is 2. The van der Waals surface area contributed by atoms with Crippen LogP contribution in [0.4, 0.5) is 0 Å². The fourth-order valence-corrected chi connectivity index (χ4v) is 4.25. The number of nitrogens with zero attached hydrogens (tertiary/aromatic N) is 2. The molecule has 0 saturated carbocycles. The van der Waals surface area contributed by atoms with Gasteiger partial charge in [0.05, 0.1) is 11.7 Å². The molecular weight excluding hydrogens is 454 g/mol. The van der Waals surface area contributed by atoms with Gasteiger partial charge in [-0.1, -0.05) is 29.8 Å². The first kappa shape index (κ1) is 23.7. The highest BCUT2D eigenvalue weighted by molar-refractivity contribution is 6.30. The molecule has 1 N–H and O–H groups in total. The van der Waals surface area contributed by atoms with Crippen LogP contribution in [-0.4, -0.2) is 28.3 Å². The van der Waals surface area contributed by atoms with Crippen LogP contribution in [0.25, 0.3) is 5.69 Å². The summed E-state index contributed by atoms with van der Waals surface area (Å²) in [7, 11) is 0. The van der Waals surface area contributed by atoms with Crippen LogP contribution in [0.2, 0.25) is 5.02 Å². The summed E-state index contributed by atoms with van der Waals surface area (Å²) < 4.78 is 6.55. The number of hydrogen-bond donors (Lipinski definition) is 1. The predicted molar refractivity (Wildman–Crippen MR) is 130 cm³/mol. The second-order valence-electron chi connectivity index (χ2n) is 8.49. The number of carbonyl (C=O) groups excluding carboxylic acids is 2. The highest BCUT2D eigenvalue weighted by Crippen LogP contribution is 2.24. The fourth-order valence-electron chi connectivity index (χ4n) is 4.12. The summed E-state index contributed by atoms with van der Waals surface area (Å²) in [6, 6.07) is 14.2. The van der Waals surface area contributed by atoms with Crippen molar-refractivity contribution in [2.75, 3.05) is 6.61 Å². The van der Waals surface area contributed by atoms with Crippen LogP contribution in [0.1, 0.15) is 58.7 Å². The Morgan fingerprint density at radius 2 is 1.79 bits per heavy atom. The number of halogens is 1. The molecule has 1 heterocycles. The topological polar surface area (TPSA) is 90.3 Å². The van der Waals surface area contributed by atoms with Crippen molar-refractivity contribution in [1.29, 1.82) is 0 Å². The SMILES string of the molecule is Cc1cc(=O)c(C(=O)OCC(=O)NC(C)c2ccc3c(c2)CCCC3)nn1-c1ccc(Cl)cc1. The van der Waals surface area contributed by atoms with Crippen molar-refractivity contribution in [1.82, 2.24) is 15.1 Å². The third-order valence-electron chi connectivity index (χ3n) is 5.96. The van der Waals surface area contributed by atoms with Crippen LogP contribution < -0.4 is 10.7 Å². The van der Waals surface area contributed by atoms with Crippen molar-refractivity contribution < 1.29 is 14.3 Å². The average Bonchev–Trinajstić information content (AvgIpc) is 2.83.